The smallest absolute Gasteiger partial charge is 0.416 e. The fourth-order valence-corrected chi connectivity index (χ4v) is 1.70. The van der Waals surface area contributed by atoms with Crippen molar-refractivity contribution < 1.29 is 17.6 Å². The van der Waals surface area contributed by atoms with Gasteiger partial charge in [-0.1, -0.05) is 0 Å². The van der Waals surface area contributed by atoms with E-state index >= 15 is 0 Å². The maximum atomic E-state index is 12.6. The van der Waals surface area contributed by atoms with E-state index in [-0.39, 0.29) is 0 Å². The highest BCUT2D eigenvalue weighted by Crippen LogP contribution is 2.35. The molecule has 1 aromatic heterocycles. The van der Waals surface area contributed by atoms with Gasteiger partial charge in [0.2, 0.25) is 0 Å². The van der Waals surface area contributed by atoms with Crippen molar-refractivity contribution in [2.75, 3.05) is 0 Å². The van der Waals surface area contributed by atoms with Crippen LogP contribution in [0.5, 0.6) is 0 Å². The van der Waals surface area contributed by atoms with Crippen molar-refractivity contribution in [1.82, 2.24) is 0 Å². The Labute approximate surface area is 96.2 Å². The van der Waals surface area contributed by atoms with Crippen molar-refractivity contribution in [1.29, 1.82) is 0 Å². The predicted molar refractivity (Wildman–Crippen MR) is 58.4 cm³/mol. The highest BCUT2D eigenvalue weighted by Gasteiger charge is 2.31. The normalized spacial score (nSPS) is 13.3. The van der Waals surface area contributed by atoms with Crippen LogP contribution in [0.3, 0.4) is 0 Å². The fraction of sp³-hybridized carbons (Fsp3) is 0.333. The number of nitrogens with two attached hydrogens (primary N) is 1. The topological polar surface area (TPSA) is 39.2 Å². The summed E-state index contributed by atoms with van der Waals surface area (Å²) in [6, 6.07) is 3.38. The average molecular weight is 243 g/mol. The van der Waals surface area contributed by atoms with Crippen molar-refractivity contribution in [3.63, 3.8) is 0 Å². The summed E-state index contributed by atoms with van der Waals surface area (Å²) >= 11 is 0. The molecule has 1 heterocycles. The molecule has 0 saturated heterocycles. The van der Waals surface area contributed by atoms with Crippen LogP contribution in [0.4, 0.5) is 13.2 Å². The summed E-state index contributed by atoms with van der Waals surface area (Å²) in [6.07, 6.45) is -2.95. The molecule has 0 amide bonds. The van der Waals surface area contributed by atoms with E-state index in [1.54, 1.807) is 13.8 Å². The van der Waals surface area contributed by atoms with E-state index in [4.69, 9.17) is 10.2 Å². The molecular weight excluding hydrogens is 231 g/mol. The predicted octanol–water partition coefficient (Wildman–Crippen LogP) is 3.65. The molecule has 0 aliphatic rings. The summed E-state index contributed by atoms with van der Waals surface area (Å²) in [6.45, 7) is 3.44. The van der Waals surface area contributed by atoms with Gasteiger partial charge in [-0.05, 0) is 32.0 Å². The van der Waals surface area contributed by atoms with Gasteiger partial charge in [-0.2, -0.15) is 13.2 Å². The Kier molecular flexibility index (Phi) is 2.47. The summed E-state index contributed by atoms with van der Waals surface area (Å²) in [5.41, 5.74) is 5.42. The minimum absolute atomic E-state index is 0.409. The number of halogens is 3. The van der Waals surface area contributed by atoms with Crippen molar-refractivity contribution in [3.8, 4) is 0 Å². The molecule has 0 saturated carbocycles. The minimum atomic E-state index is -4.36. The van der Waals surface area contributed by atoms with Gasteiger partial charge in [-0.25, -0.2) is 0 Å². The molecule has 2 rings (SSSR count). The second kappa shape index (κ2) is 3.50. The average Bonchev–Trinajstić information content (AvgIpc) is 2.57. The highest BCUT2D eigenvalue weighted by atomic mass is 19.4. The molecule has 2 N–H and O–H groups in total. The lowest BCUT2D eigenvalue weighted by Crippen LogP contribution is -2.28. The Morgan fingerprint density at radius 1 is 1.18 bits per heavy atom. The van der Waals surface area contributed by atoms with Crippen LogP contribution < -0.4 is 5.73 Å². The van der Waals surface area contributed by atoms with Crippen LogP contribution in [0.25, 0.3) is 11.0 Å². The number of fused-ring (bicyclic) bond motifs is 1. The molecule has 2 aromatic rings. The largest absolute Gasteiger partial charge is 0.464 e. The molecule has 2 nitrogen and oxygen atoms in total. The number of benzene rings is 1. The number of alkyl halides is 3. The van der Waals surface area contributed by atoms with Gasteiger partial charge < -0.3 is 10.2 Å². The lowest BCUT2D eigenvalue weighted by atomic mass is 9.94. The number of hydrogen-bond donors (Lipinski definition) is 1. The molecule has 5 heteroatoms. The molecule has 0 unspecified atom stereocenters. The van der Waals surface area contributed by atoms with Gasteiger partial charge in [0, 0.05) is 16.5 Å². The summed E-state index contributed by atoms with van der Waals surface area (Å²) in [7, 11) is 0. The third-order valence-corrected chi connectivity index (χ3v) is 2.59. The van der Waals surface area contributed by atoms with E-state index < -0.39 is 17.3 Å². The minimum Gasteiger partial charge on any atom is -0.464 e. The van der Waals surface area contributed by atoms with E-state index in [1.807, 2.05) is 0 Å². The lowest BCUT2D eigenvalue weighted by Gasteiger charge is -2.17. The third-order valence-electron chi connectivity index (χ3n) is 2.59. The quantitative estimate of drug-likeness (QED) is 0.830. The van der Waals surface area contributed by atoms with Gasteiger partial charge in [-0.3, -0.25) is 0 Å². The molecule has 0 bridgehead atoms. The van der Waals surface area contributed by atoms with Crippen LogP contribution in [-0.2, 0) is 11.7 Å². The van der Waals surface area contributed by atoms with Gasteiger partial charge >= 0.3 is 6.18 Å². The van der Waals surface area contributed by atoms with Crippen LogP contribution in [0.1, 0.15) is 25.0 Å². The first-order valence-electron chi connectivity index (χ1n) is 5.07. The SMILES string of the molecule is CC(C)(N)c1coc2ccc(C(F)(F)F)cc12. The van der Waals surface area contributed by atoms with Crippen molar-refractivity contribution in [3.05, 3.63) is 35.6 Å². The summed E-state index contributed by atoms with van der Waals surface area (Å²) < 4.78 is 43.0. The lowest BCUT2D eigenvalue weighted by molar-refractivity contribution is -0.137. The fourth-order valence-electron chi connectivity index (χ4n) is 1.70. The Morgan fingerprint density at radius 3 is 2.35 bits per heavy atom. The van der Waals surface area contributed by atoms with E-state index in [9.17, 15) is 13.2 Å². The highest BCUT2D eigenvalue weighted by molar-refractivity contribution is 5.82. The standard InChI is InChI=1S/C12H12F3NO/c1-11(2,16)9-6-17-10-4-3-7(5-8(9)10)12(13,14)15/h3-6H,16H2,1-2H3. The van der Waals surface area contributed by atoms with Gasteiger partial charge in [0.25, 0.3) is 0 Å². The number of rotatable bonds is 1. The Bertz CT molecular complexity index is 549. The molecule has 17 heavy (non-hydrogen) atoms. The summed E-state index contributed by atoms with van der Waals surface area (Å²) in [5, 5.41) is 0.410. The maximum absolute atomic E-state index is 12.6. The molecule has 1 aromatic carbocycles. The molecule has 92 valence electrons. The molecule has 0 radical (unpaired) electrons. The summed E-state index contributed by atoms with van der Waals surface area (Å²) in [4.78, 5) is 0. The Hall–Kier alpha value is -1.49. The first-order chi connectivity index (χ1) is 7.69. The third kappa shape index (κ3) is 2.15. The Balaban J connectivity index is 2.67. The van der Waals surface area contributed by atoms with Crippen LogP contribution in [0.2, 0.25) is 0 Å². The van der Waals surface area contributed by atoms with E-state index in [0.717, 1.165) is 12.1 Å². The molecular formula is C12H12F3NO. The monoisotopic (exact) mass is 243 g/mol. The second-order valence-corrected chi connectivity index (χ2v) is 4.58. The molecule has 0 spiro atoms. The molecule has 0 fully saturated rings. The first kappa shape index (κ1) is 12.0. The molecule has 0 atom stereocenters. The number of hydrogen-bond acceptors (Lipinski definition) is 2. The van der Waals surface area contributed by atoms with Crippen LogP contribution in [-0.4, -0.2) is 0 Å². The van der Waals surface area contributed by atoms with Crippen LogP contribution in [0, 0.1) is 0 Å². The maximum Gasteiger partial charge on any atom is 0.416 e. The molecule has 0 aliphatic heterocycles. The van der Waals surface area contributed by atoms with Crippen LogP contribution in [0.15, 0.2) is 28.9 Å². The van der Waals surface area contributed by atoms with E-state index in [2.05, 4.69) is 0 Å². The van der Waals surface area contributed by atoms with Crippen molar-refractivity contribution in [2.24, 2.45) is 5.73 Å². The molecule has 0 aliphatic carbocycles. The second-order valence-electron chi connectivity index (χ2n) is 4.58. The van der Waals surface area contributed by atoms with Crippen LogP contribution >= 0.6 is 0 Å². The zero-order chi connectivity index (χ0) is 12.8. The van der Waals surface area contributed by atoms with E-state index in [0.29, 0.717) is 16.5 Å². The van der Waals surface area contributed by atoms with Gasteiger partial charge in [0.15, 0.2) is 0 Å². The van der Waals surface area contributed by atoms with Gasteiger partial charge in [-0.15, -0.1) is 0 Å². The zero-order valence-corrected chi connectivity index (χ0v) is 9.43. The Morgan fingerprint density at radius 2 is 1.82 bits per heavy atom. The van der Waals surface area contributed by atoms with Gasteiger partial charge in [0.05, 0.1) is 11.8 Å². The summed E-state index contributed by atoms with van der Waals surface area (Å²) in [5.74, 6) is 0. The zero-order valence-electron chi connectivity index (χ0n) is 9.43. The van der Waals surface area contributed by atoms with Crippen molar-refractivity contribution in [2.45, 2.75) is 25.6 Å². The van der Waals surface area contributed by atoms with E-state index in [1.165, 1.54) is 12.3 Å². The van der Waals surface area contributed by atoms with Gasteiger partial charge in [0.1, 0.15) is 5.58 Å². The number of furan rings is 1. The van der Waals surface area contributed by atoms with Crippen molar-refractivity contribution >= 4 is 11.0 Å². The first-order valence-corrected chi connectivity index (χ1v) is 5.07.